The van der Waals surface area contributed by atoms with Gasteiger partial charge in [-0.25, -0.2) is 9.78 Å². The first-order chi connectivity index (χ1) is 7.66. The van der Waals surface area contributed by atoms with Crippen molar-refractivity contribution in [2.75, 3.05) is 18.6 Å². The molecule has 0 aliphatic carbocycles. The van der Waals surface area contributed by atoms with Crippen LogP contribution >= 0.6 is 11.8 Å². The van der Waals surface area contributed by atoms with E-state index < -0.39 is 0 Å². The maximum atomic E-state index is 10.9. The van der Waals surface area contributed by atoms with E-state index in [9.17, 15) is 4.79 Å². The highest BCUT2D eigenvalue weighted by atomic mass is 32.2. The number of ether oxygens (including phenoxy) is 1. The molecule has 0 aliphatic rings. The Morgan fingerprint density at radius 2 is 1.71 bits per heavy atom. The van der Waals surface area contributed by atoms with Crippen LogP contribution in [0.4, 0.5) is 0 Å². The monoisotopic (exact) mass is 264 g/mol. The lowest BCUT2D eigenvalue weighted by Crippen LogP contribution is -2.31. The molecule has 0 aromatic rings. The molecule has 0 saturated heterocycles. The van der Waals surface area contributed by atoms with Gasteiger partial charge in [-0.05, 0) is 46.8 Å². The lowest BCUT2D eigenvalue weighted by Gasteiger charge is -2.28. The molecule has 0 heterocycles. The van der Waals surface area contributed by atoms with E-state index in [1.165, 1.54) is 18.9 Å². The SMILES string of the molecule is COC(=O)CSCCC(C)(C)OOC(C)(C)C. The molecule has 0 fully saturated rings. The fourth-order valence-electron chi connectivity index (χ4n) is 0.812. The van der Waals surface area contributed by atoms with Gasteiger partial charge in [-0.3, -0.25) is 4.79 Å². The molecule has 0 aromatic heterocycles. The summed E-state index contributed by atoms with van der Waals surface area (Å²) in [7, 11) is 1.40. The Morgan fingerprint density at radius 1 is 1.12 bits per heavy atom. The van der Waals surface area contributed by atoms with Crippen molar-refractivity contribution in [3.8, 4) is 0 Å². The van der Waals surface area contributed by atoms with E-state index in [-0.39, 0.29) is 17.2 Å². The molecule has 5 heteroatoms. The van der Waals surface area contributed by atoms with Gasteiger partial charge < -0.3 is 4.74 Å². The lowest BCUT2D eigenvalue weighted by molar-refractivity contribution is -0.397. The Kier molecular flexibility index (Phi) is 7.13. The Morgan fingerprint density at radius 3 is 2.18 bits per heavy atom. The lowest BCUT2D eigenvalue weighted by atomic mass is 10.1. The third-order valence-corrected chi connectivity index (χ3v) is 2.75. The molecule has 0 unspecified atom stereocenters. The van der Waals surface area contributed by atoms with Crippen LogP contribution in [-0.4, -0.2) is 35.8 Å². The number of hydrogen-bond acceptors (Lipinski definition) is 5. The summed E-state index contributed by atoms with van der Waals surface area (Å²) in [6.45, 7) is 9.76. The summed E-state index contributed by atoms with van der Waals surface area (Å²) in [5.41, 5.74) is -0.660. The van der Waals surface area contributed by atoms with Crippen LogP contribution in [0, 0.1) is 0 Å². The summed E-state index contributed by atoms with van der Waals surface area (Å²) in [6.07, 6.45) is 0.810. The largest absolute Gasteiger partial charge is 0.468 e. The summed E-state index contributed by atoms with van der Waals surface area (Å²) in [5.74, 6) is 1.02. The van der Waals surface area contributed by atoms with Crippen molar-refractivity contribution < 1.29 is 19.3 Å². The van der Waals surface area contributed by atoms with E-state index in [1.54, 1.807) is 0 Å². The molecule has 102 valence electrons. The van der Waals surface area contributed by atoms with Crippen molar-refractivity contribution in [1.29, 1.82) is 0 Å². The highest BCUT2D eigenvalue weighted by molar-refractivity contribution is 7.99. The maximum absolute atomic E-state index is 10.9. The zero-order chi connectivity index (χ0) is 13.5. The van der Waals surface area contributed by atoms with Crippen molar-refractivity contribution in [2.45, 2.75) is 52.2 Å². The van der Waals surface area contributed by atoms with Gasteiger partial charge in [0.25, 0.3) is 0 Å². The van der Waals surface area contributed by atoms with Gasteiger partial charge in [-0.2, -0.15) is 11.8 Å². The number of thioether (sulfide) groups is 1. The molecule has 0 aliphatic heterocycles. The maximum Gasteiger partial charge on any atom is 0.315 e. The summed E-state index contributed by atoms with van der Waals surface area (Å²) in [6, 6.07) is 0. The van der Waals surface area contributed by atoms with E-state index in [2.05, 4.69) is 4.74 Å². The van der Waals surface area contributed by atoms with E-state index >= 15 is 0 Å². The zero-order valence-electron chi connectivity index (χ0n) is 11.7. The average molecular weight is 264 g/mol. The van der Waals surface area contributed by atoms with Crippen LogP contribution in [-0.2, 0) is 19.3 Å². The molecule has 0 N–H and O–H groups in total. The van der Waals surface area contributed by atoms with Crippen molar-refractivity contribution in [1.82, 2.24) is 0 Å². The van der Waals surface area contributed by atoms with Gasteiger partial charge in [0.15, 0.2) is 0 Å². The van der Waals surface area contributed by atoms with Crippen LogP contribution in [0.1, 0.15) is 41.0 Å². The van der Waals surface area contributed by atoms with E-state index in [0.717, 1.165) is 12.2 Å². The summed E-state index contributed by atoms with van der Waals surface area (Å²) in [4.78, 5) is 21.6. The second-order valence-electron chi connectivity index (χ2n) is 5.42. The van der Waals surface area contributed by atoms with Gasteiger partial charge in [0.2, 0.25) is 0 Å². The smallest absolute Gasteiger partial charge is 0.315 e. The highest BCUT2D eigenvalue weighted by Gasteiger charge is 2.23. The third kappa shape index (κ3) is 10.6. The molecule has 0 aromatic carbocycles. The van der Waals surface area contributed by atoms with Crippen LogP contribution in [0.2, 0.25) is 0 Å². The minimum atomic E-state index is -0.351. The molecule has 0 amide bonds. The van der Waals surface area contributed by atoms with Gasteiger partial charge in [0.05, 0.1) is 24.1 Å². The average Bonchev–Trinajstić information content (AvgIpc) is 2.20. The zero-order valence-corrected chi connectivity index (χ0v) is 12.5. The summed E-state index contributed by atoms with van der Waals surface area (Å²) in [5, 5.41) is 0. The quantitative estimate of drug-likeness (QED) is 0.306. The molecular weight excluding hydrogens is 240 g/mol. The molecule has 0 bridgehead atoms. The van der Waals surface area contributed by atoms with Gasteiger partial charge in [-0.1, -0.05) is 0 Å². The molecule has 0 rings (SSSR count). The number of rotatable bonds is 7. The summed E-state index contributed by atoms with van der Waals surface area (Å²) < 4.78 is 4.56. The first kappa shape index (κ1) is 16.7. The van der Waals surface area contributed by atoms with Crippen molar-refractivity contribution in [3.05, 3.63) is 0 Å². The van der Waals surface area contributed by atoms with Crippen molar-refractivity contribution in [2.24, 2.45) is 0 Å². The standard InChI is InChI=1S/C12H24O4S/c1-11(2,3)15-16-12(4,5)7-8-17-9-10(13)14-6/h7-9H2,1-6H3. The first-order valence-corrected chi connectivity index (χ1v) is 6.83. The normalized spacial score (nSPS) is 12.6. The number of carbonyl (C=O) groups is 1. The highest BCUT2D eigenvalue weighted by Crippen LogP contribution is 2.21. The van der Waals surface area contributed by atoms with Gasteiger partial charge >= 0.3 is 5.97 Å². The minimum Gasteiger partial charge on any atom is -0.468 e. The third-order valence-electron chi connectivity index (χ3n) is 1.81. The molecule has 17 heavy (non-hydrogen) atoms. The number of hydrogen-bond donors (Lipinski definition) is 0. The molecule has 0 saturated carbocycles. The molecule has 4 nitrogen and oxygen atoms in total. The van der Waals surface area contributed by atoms with Crippen molar-refractivity contribution in [3.63, 3.8) is 0 Å². The minimum absolute atomic E-state index is 0.195. The fraction of sp³-hybridized carbons (Fsp3) is 0.917. The second kappa shape index (κ2) is 7.24. The summed E-state index contributed by atoms with van der Waals surface area (Å²) >= 11 is 1.54. The predicted octanol–water partition coefficient (Wildman–Crippen LogP) is 2.81. The van der Waals surface area contributed by atoms with E-state index in [1.807, 2.05) is 34.6 Å². The molecular formula is C12H24O4S. The van der Waals surface area contributed by atoms with E-state index in [0.29, 0.717) is 5.75 Å². The van der Waals surface area contributed by atoms with Crippen molar-refractivity contribution >= 4 is 17.7 Å². The number of carbonyl (C=O) groups excluding carboxylic acids is 1. The van der Waals surface area contributed by atoms with E-state index in [4.69, 9.17) is 9.78 Å². The van der Waals surface area contributed by atoms with Crippen LogP contribution < -0.4 is 0 Å². The first-order valence-electron chi connectivity index (χ1n) is 5.68. The Bertz CT molecular complexity index is 233. The van der Waals surface area contributed by atoms with Crippen LogP contribution in [0.3, 0.4) is 0 Å². The second-order valence-corrected chi connectivity index (χ2v) is 6.52. The Labute approximate surface area is 108 Å². The Hall–Kier alpha value is -0.260. The molecule has 0 radical (unpaired) electrons. The van der Waals surface area contributed by atoms with Crippen LogP contribution in [0.5, 0.6) is 0 Å². The molecule has 0 atom stereocenters. The topological polar surface area (TPSA) is 44.8 Å². The van der Waals surface area contributed by atoms with Crippen LogP contribution in [0.15, 0.2) is 0 Å². The Balaban J connectivity index is 3.74. The number of esters is 1. The fourth-order valence-corrected chi connectivity index (χ4v) is 1.88. The predicted molar refractivity (Wildman–Crippen MR) is 70.0 cm³/mol. The number of methoxy groups -OCH3 is 1. The van der Waals surface area contributed by atoms with Gasteiger partial charge in [0.1, 0.15) is 0 Å². The van der Waals surface area contributed by atoms with Crippen LogP contribution in [0.25, 0.3) is 0 Å². The molecule has 0 spiro atoms. The van der Waals surface area contributed by atoms with Gasteiger partial charge in [0, 0.05) is 0 Å². The van der Waals surface area contributed by atoms with Gasteiger partial charge in [-0.15, -0.1) is 0 Å².